The number of anilines is 1. The Labute approximate surface area is 123 Å². The molecular weight excluding hydrogens is 244 g/mol. The van der Waals surface area contributed by atoms with Gasteiger partial charge in [-0.15, -0.1) is 0 Å². The van der Waals surface area contributed by atoms with Gasteiger partial charge in [0.2, 0.25) is 0 Å². The summed E-state index contributed by atoms with van der Waals surface area (Å²) in [6, 6.07) is 8.07. The van der Waals surface area contributed by atoms with Crippen molar-refractivity contribution in [2.75, 3.05) is 18.0 Å². The van der Waals surface area contributed by atoms with Gasteiger partial charge in [-0.3, -0.25) is 0 Å². The summed E-state index contributed by atoms with van der Waals surface area (Å²) in [7, 11) is 0. The molecule has 1 saturated carbocycles. The van der Waals surface area contributed by atoms with Gasteiger partial charge in [0, 0.05) is 30.9 Å². The van der Waals surface area contributed by atoms with Crippen LogP contribution in [0.5, 0.6) is 0 Å². The van der Waals surface area contributed by atoms with Crippen LogP contribution in [0.25, 0.3) is 0 Å². The highest BCUT2D eigenvalue weighted by atomic mass is 15.2. The molecule has 2 nitrogen and oxygen atoms in total. The van der Waals surface area contributed by atoms with E-state index in [1.54, 1.807) is 0 Å². The number of piperazine rings is 1. The minimum atomic E-state index is 0.616. The van der Waals surface area contributed by atoms with Gasteiger partial charge in [0.25, 0.3) is 0 Å². The molecular formula is C18H28N2. The lowest BCUT2D eigenvalue weighted by Gasteiger charge is -2.45. The molecule has 0 spiro atoms. The molecule has 2 fully saturated rings. The van der Waals surface area contributed by atoms with Crippen molar-refractivity contribution in [3.05, 3.63) is 29.3 Å². The lowest BCUT2D eigenvalue weighted by molar-refractivity contribution is 0.320. The van der Waals surface area contributed by atoms with E-state index in [9.17, 15) is 0 Å². The van der Waals surface area contributed by atoms with Crippen LogP contribution >= 0.6 is 0 Å². The molecule has 110 valence electrons. The minimum absolute atomic E-state index is 0.616. The van der Waals surface area contributed by atoms with Crippen LogP contribution in [0.1, 0.15) is 37.8 Å². The molecule has 2 atom stereocenters. The fourth-order valence-electron chi connectivity index (χ4n) is 3.53. The maximum atomic E-state index is 3.80. The molecule has 1 aliphatic heterocycles. The van der Waals surface area contributed by atoms with Crippen LogP contribution in [-0.2, 0) is 0 Å². The van der Waals surface area contributed by atoms with E-state index < -0.39 is 0 Å². The molecule has 0 aromatic heterocycles. The van der Waals surface area contributed by atoms with Crippen LogP contribution in [0, 0.1) is 25.7 Å². The fourth-order valence-corrected chi connectivity index (χ4v) is 3.53. The largest absolute Gasteiger partial charge is 0.365 e. The first-order valence-corrected chi connectivity index (χ1v) is 8.14. The molecule has 0 amide bonds. The van der Waals surface area contributed by atoms with E-state index in [1.165, 1.54) is 36.2 Å². The zero-order chi connectivity index (χ0) is 14.3. The lowest BCUT2D eigenvalue weighted by atomic mass is 9.94. The Morgan fingerprint density at radius 2 is 1.95 bits per heavy atom. The highest BCUT2D eigenvalue weighted by molar-refractivity contribution is 5.57. The number of hydrogen-bond acceptors (Lipinski definition) is 2. The zero-order valence-electron chi connectivity index (χ0n) is 13.3. The summed E-state index contributed by atoms with van der Waals surface area (Å²) in [6.45, 7) is 11.5. The van der Waals surface area contributed by atoms with E-state index >= 15 is 0 Å². The molecule has 2 aliphatic rings. The second kappa shape index (κ2) is 5.40. The van der Waals surface area contributed by atoms with Crippen molar-refractivity contribution in [2.45, 2.75) is 52.6 Å². The van der Waals surface area contributed by atoms with Gasteiger partial charge in [0.1, 0.15) is 0 Å². The predicted octanol–water partition coefficient (Wildman–Crippen LogP) is 3.52. The Morgan fingerprint density at radius 3 is 2.60 bits per heavy atom. The molecule has 20 heavy (non-hydrogen) atoms. The zero-order valence-corrected chi connectivity index (χ0v) is 13.3. The number of hydrogen-bond donors (Lipinski definition) is 1. The number of nitrogens with one attached hydrogen (secondary N) is 1. The van der Waals surface area contributed by atoms with Crippen molar-refractivity contribution in [1.82, 2.24) is 5.32 Å². The maximum absolute atomic E-state index is 3.80. The third-order valence-electron chi connectivity index (χ3n) is 5.23. The van der Waals surface area contributed by atoms with Crippen LogP contribution in [0.3, 0.4) is 0 Å². The van der Waals surface area contributed by atoms with E-state index in [2.05, 4.69) is 56.1 Å². The SMILES string of the molecule is Cc1cccc(N2CC(C3CC3)NCC2C(C)C)c1C. The van der Waals surface area contributed by atoms with E-state index in [1.807, 2.05) is 0 Å². The van der Waals surface area contributed by atoms with Gasteiger partial charge in [-0.1, -0.05) is 26.0 Å². The summed E-state index contributed by atoms with van der Waals surface area (Å²) >= 11 is 0. The van der Waals surface area contributed by atoms with Crippen molar-refractivity contribution in [3.8, 4) is 0 Å². The molecule has 2 heteroatoms. The van der Waals surface area contributed by atoms with Gasteiger partial charge in [-0.05, 0) is 55.7 Å². The number of benzene rings is 1. The summed E-state index contributed by atoms with van der Waals surface area (Å²) in [5.41, 5.74) is 4.32. The first-order valence-electron chi connectivity index (χ1n) is 8.14. The normalized spacial score (nSPS) is 27.1. The van der Waals surface area contributed by atoms with Crippen LogP contribution in [0.15, 0.2) is 18.2 Å². The van der Waals surface area contributed by atoms with Crippen molar-refractivity contribution in [1.29, 1.82) is 0 Å². The van der Waals surface area contributed by atoms with E-state index in [-0.39, 0.29) is 0 Å². The predicted molar refractivity (Wildman–Crippen MR) is 86.4 cm³/mol. The van der Waals surface area contributed by atoms with Gasteiger partial charge < -0.3 is 10.2 Å². The molecule has 2 unspecified atom stereocenters. The molecule has 1 saturated heterocycles. The molecule has 1 aliphatic carbocycles. The average molecular weight is 272 g/mol. The fraction of sp³-hybridized carbons (Fsp3) is 0.667. The third kappa shape index (κ3) is 2.58. The first kappa shape index (κ1) is 13.9. The summed E-state index contributed by atoms with van der Waals surface area (Å²) < 4.78 is 0. The van der Waals surface area contributed by atoms with Crippen molar-refractivity contribution >= 4 is 5.69 Å². The first-order chi connectivity index (χ1) is 9.58. The summed E-state index contributed by atoms with van der Waals surface area (Å²) in [5.74, 6) is 1.61. The quantitative estimate of drug-likeness (QED) is 0.906. The van der Waals surface area contributed by atoms with Gasteiger partial charge >= 0.3 is 0 Å². The molecule has 1 N–H and O–H groups in total. The smallest absolute Gasteiger partial charge is 0.0438 e. The minimum Gasteiger partial charge on any atom is -0.365 e. The Hall–Kier alpha value is -1.02. The number of aryl methyl sites for hydroxylation is 1. The highest BCUT2D eigenvalue weighted by Crippen LogP contribution is 2.37. The Balaban J connectivity index is 1.90. The Bertz CT molecular complexity index is 476. The molecule has 0 radical (unpaired) electrons. The second-order valence-electron chi connectivity index (χ2n) is 7.03. The Morgan fingerprint density at radius 1 is 1.20 bits per heavy atom. The lowest BCUT2D eigenvalue weighted by Crippen LogP contribution is -2.59. The van der Waals surface area contributed by atoms with Crippen LogP contribution in [0.2, 0.25) is 0 Å². The van der Waals surface area contributed by atoms with Gasteiger partial charge in [-0.25, -0.2) is 0 Å². The van der Waals surface area contributed by atoms with Crippen LogP contribution in [0.4, 0.5) is 5.69 Å². The van der Waals surface area contributed by atoms with Gasteiger partial charge in [-0.2, -0.15) is 0 Å². The second-order valence-corrected chi connectivity index (χ2v) is 7.03. The maximum Gasteiger partial charge on any atom is 0.0438 e. The standard InChI is InChI=1S/C18H28N2/c1-12(2)18-10-19-16(15-8-9-15)11-20(18)17-7-5-6-13(3)14(17)4/h5-7,12,15-16,18-19H,8-11H2,1-4H3. The molecule has 1 aromatic carbocycles. The van der Waals surface area contributed by atoms with E-state index in [0.717, 1.165) is 12.5 Å². The molecule has 1 heterocycles. The Kier molecular flexibility index (Phi) is 3.76. The van der Waals surface area contributed by atoms with Gasteiger partial charge in [0.15, 0.2) is 0 Å². The highest BCUT2D eigenvalue weighted by Gasteiger charge is 2.38. The van der Waals surface area contributed by atoms with Crippen molar-refractivity contribution in [3.63, 3.8) is 0 Å². The van der Waals surface area contributed by atoms with Crippen molar-refractivity contribution in [2.24, 2.45) is 11.8 Å². The third-order valence-corrected chi connectivity index (χ3v) is 5.23. The number of nitrogens with zero attached hydrogens (tertiary/aromatic N) is 1. The van der Waals surface area contributed by atoms with Crippen molar-refractivity contribution < 1.29 is 0 Å². The average Bonchev–Trinajstić information content (AvgIpc) is 3.25. The summed E-state index contributed by atoms with van der Waals surface area (Å²) in [4.78, 5) is 2.69. The summed E-state index contributed by atoms with van der Waals surface area (Å²) in [6.07, 6.45) is 2.84. The monoisotopic (exact) mass is 272 g/mol. The van der Waals surface area contributed by atoms with E-state index in [0.29, 0.717) is 18.0 Å². The van der Waals surface area contributed by atoms with Crippen LogP contribution in [-0.4, -0.2) is 25.2 Å². The topological polar surface area (TPSA) is 15.3 Å². The van der Waals surface area contributed by atoms with Crippen LogP contribution < -0.4 is 10.2 Å². The van der Waals surface area contributed by atoms with Gasteiger partial charge in [0.05, 0.1) is 0 Å². The molecule has 0 bridgehead atoms. The molecule has 1 aromatic rings. The molecule has 3 rings (SSSR count). The summed E-state index contributed by atoms with van der Waals surface area (Å²) in [5, 5.41) is 3.80. The van der Waals surface area contributed by atoms with E-state index in [4.69, 9.17) is 0 Å². The number of rotatable bonds is 3.